The van der Waals surface area contributed by atoms with Crippen LogP contribution in [0.15, 0.2) is 53.4 Å². The number of anilines is 1. The number of sulfonamides is 1. The van der Waals surface area contributed by atoms with Gasteiger partial charge in [-0.05, 0) is 42.0 Å². The highest BCUT2D eigenvalue weighted by atomic mass is 32.2. The number of aldehydes is 1. The maximum absolute atomic E-state index is 12.2. The lowest BCUT2D eigenvalue weighted by molar-refractivity contribution is 0.112. The molecule has 2 rings (SSSR count). The molecular formula is C15H12N2O3S. The number of rotatable bonds is 5. The predicted molar refractivity (Wildman–Crippen MR) is 78.4 cm³/mol. The molecule has 0 heterocycles. The molecule has 0 saturated carbocycles. The van der Waals surface area contributed by atoms with E-state index in [0.717, 1.165) is 5.56 Å². The van der Waals surface area contributed by atoms with Crippen molar-refractivity contribution < 1.29 is 13.2 Å². The maximum Gasteiger partial charge on any atom is 0.261 e. The van der Waals surface area contributed by atoms with Crippen molar-refractivity contribution in [2.45, 2.75) is 11.3 Å². The summed E-state index contributed by atoms with van der Waals surface area (Å²) < 4.78 is 26.8. The lowest BCUT2D eigenvalue weighted by atomic mass is 10.2. The Kier molecular flexibility index (Phi) is 4.36. The molecule has 5 nitrogen and oxygen atoms in total. The van der Waals surface area contributed by atoms with Gasteiger partial charge in [-0.1, -0.05) is 12.1 Å². The van der Waals surface area contributed by atoms with Crippen LogP contribution in [0.3, 0.4) is 0 Å². The first-order chi connectivity index (χ1) is 10.0. The van der Waals surface area contributed by atoms with E-state index in [9.17, 15) is 13.2 Å². The number of nitrogens with one attached hydrogen (secondary N) is 1. The predicted octanol–water partition coefficient (Wildman–Crippen LogP) is 2.37. The molecule has 0 saturated heterocycles. The first-order valence-electron chi connectivity index (χ1n) is 6.09. The quantitative estimate of drug-likeness (QED) is 0.859. The van der Waals surface area contributed by atoms with Crippen molar-refractivity contribution in [2.75, 3.05) is 4.72 Å². The van der Waals surface area contributed by atoms with Gasteiger partial charge in [-0.15, -0.1) is 0 Å². The molecule has 6 heteroatoms. The summed E-state index contributed by atoms with van der Waals surface area (Å²) in [7, 11) is -3.69. The number of nitriles is 1. The van der Waals surface area contributed by atoms with Crippen molar-refractivity contribution >= 4 is 22.0 Å². The second-order valence-electron chi connectivity index (χ2n) is 4.32. The molecular weight excluding hydrogens is 288 g/mol. The summed E-state index contributed by atoms with van der Waals surface area (Å²) in [6, 6.07) is 14.2. The molecule has 1 N–H and O–H groups in total. The number of hydrogen-bond donors (Lipinski definition) is 1. The van der Waals surface area contributed by atoms with Crippen molar-refractivity contribution in [3.8, 4) is 6.07 Å². The number of nitrogens with zero attached hydrogens (tertiary/aromatic N) is 1. The normalized spacial score (nSPS) is 10.6. The molecule has 0 amide bonds. The van der Waals surface area contributed by atoms with Crippen molar-refractivity contribution in [1.29, 1.82) is 5.26 Å². The Labute approximate surface area is 122 Å². The van der Waals surface area contributed by atoms with Gasteiger partial charge in [0.05, 0.1) is 17.4 Å². The second kappa shape index (κ2) is 6.20. The summed E-state index contributed by atoms with van der Waals surface area (Å²) in [5.41, 5.74) is 1.60. The monoisotopic (exact) mass is 300 g/mol. The van der Waals surface area contributed by atoms with E-state index in [2.05, 4.69) is 4.72 Å². The van der Waals surface area contributed by atoms with E-state index in [1.165, 1.54) is 36.4 Å². The molecule has 0 aliphatic rings. The van der Waals surface area contributed by atoms with E-state index in [1.807, 2.05) is 6.07 Å². The van der Waals surface area contributed by atoms with Crippen molar-refractivity contribution in [2.24, 2.45) is 0 Å². The minimum absolute atomic E-state index is 0.114. The van der Waals surface area contributed by atoms with E-state index in [0.29, 0.717) is 17.5 Å². The zero-order valence-corrected chi connectivity index (χ0v) is 11.8. The fraction of sp³-hybridized carbons (Fsp3) is 0.0667. The highest BCUT2D eigenvalue weighted by Gasteiger charge is 2.13. The van der Waals surface area contributed by atoms with Gasteiger partial charge in [0.15, 0.2) is 0 Å². The fourth-order valence-electron chi connectivity index (χ4n) is 1.72. The number of benzene rings is 2. The van der Waals surface area contributed by atoms with Gasteiger partial charge >= 0.3 is 0 Å². The molecule has 0 aliphatic heterocycles. The Morgan fingerprint density at radius 1 is 1.05 bits per heavy atom. The molecule has 106 valence electrons. The number of carbonyl (C=O) groups excluding carboxylic acids is 1. The third-order valence-electron chi connectivity index (χ3n) is 2.82. The van der Waals surface area contributed by atoms with Crippen LogP contribution in [-0.4, -0.2) is 14.7 Å². The molecule has 0 bridgehead atoms. The number of hydrogen-bond acceptors (Lipinski definition) is 4. The molecule has 0 unspecified atom stereocenters. The highest BCUT2D eigenvalue weighted by Crippen LogP contribution is 2.17. The average molecular weight is 300 g/mol. The van der Waals surface area contributed by atoms with Crippen LogP contribution < -0.4 is 4.72 Å². The SMILES string of the molecule is N#CCc1ccc(S(=O)(=O)Nc2ccc(C=O)cc2)cc1. The summed E-state index contributed by atoms with van der Waals surface area (Å²) in [5, 5.41) is 8.58. The summed E-state index contributed by atoms with van der Waals surface area (Å²) in [6.45, 7) is 0. The zero-order valence-electron chi connectivity index (χ0n) is 11.0. The Hall–Kier alpha value is -2.65. The standard InChI is InChI=1S/C15H12N2O3S/c16-10-9-12-3-7-15(8-4-12)21(19,20)17-14-5-1-13(11-18)2-6-14/h1-8,11,17H,9H2. The van der Waals surface area contributed by atoms with E-state index in [1.54, 1.807) is 12.1 Å². The van der Waals surface area contributed by atoms with Crippen molar-refractivity contribution in [3.63, 3.8) is 0 Å². The van der Waals surface area contributed by atoms with Gasteiger partial charge < -0.3 is 0 Å². The Bertz CT molecular complexity index is 773. The fourth-order valence-corrected chi connectivity index (χ4v) is 2.78. The molecule has 2 aromatic carbocycles. The van der Waals surface area contributed by atoms with Crippen LogP contribution in [0.5, 0.6) is 0 Å². The van der Waals surface area contributed by atoms with Gasteiger partial charge in [-0.3, -0.25) is 9.52 Å². The summed E-state index contributed by atoms with van der Waals surface area (Å²) in [4.78, 5) is 10.7. The van der Waals surface area contributed by atoms with Crippen LogP contribution in [0.4, 0.5) is 5.69 Å². The van der Waals surface area contributed by atoms with E-state index >= 15 is 0 Å². The molecule has 0 fully saturated rings. The smallest absolute Gasteiger partial charge is 0.261 e. The highest BCUT2D eigenvalue weighted by molar-refractivity contribution is 7.92. The van der Waals surface area contributed by atoms with Crippen LogP contribution in [0.1, 0.15) is 15.9 Å². The average Bonchev–Trinajstić information content (AvgIpc) is 2.48. The molecule has 21 heavy (non-hydrogen) atoms. The van der Waals surface area contributed by atoms with Gasteiger partial charge in [0.1, 0.15) is 6.29 Å². The van der Waals surface area contributed by atoms with E-state index < -0.39 is 10.0 Å². The first kappa shape index (κ1) is 14.8. The third kappa shape index (κ3) is 3.68. The van der Waals surface area contributed by atoms with Gasteiger partial charge in [0, 0.05) is 11.3 Å². The van der Waals surface area contributed by atoms with Crippen LogP contribution in [-0.2, 0) is 16.4 Å². The zero-order chi connectivity index (χ0) is 15.3. The Balaban J connectivity index is 2.20. The molecule has 0 aliphatic carbocycles. The molecule has 2 aromatic rings. The maximum atomic E-state index is 12.2. The molecule has 0 aromatic heterocycles. The third-order valence-corrected chi connectivity index (χ3v) is 4.21. The van der Waals surface area contributed by atoms with Crippen molar-refractivity contribution in [1.82, 2.24) is 0 Å². The van der Waals surface area contributed by atoms with Gasteiger partial charge in [0.2, 0.25) is 0 Å². The summed E-state index contributed by atoms with van der Waals surface area (Å²) in [6.07, 6.45) is 0.924. The second-order valence-corrected chi connectivity index (χ2v) is 6.01. The minimum Gasteiger partial charge on any atom is -0.298 e. The van der Waals surface area contributed by atoms with Gasteiger partial charge in [0.25, 0.3) is 10.0 Å². The molecule has 0 spiro atoms. The summed E-state index contributed by atoms with van der Waals surface area (Å²) >= 11 is 0. The van der Waals surface area contributed by atoms with Crippen molar-refractivity contribution in [3.05, 3.63) is 59.7 Å². The van der Waals surface area contributed by atoms with Crippen LogP contribution >= 0.6 is 0 Å². The lowest BCUT2D eigenvalue weighted by Crippen LogP contribution is -2.12. The largest absolute Gasteiger partial charge is 0.298 e. The summed E-state index contributed by atoms with van der Waals surface area (Å²) in [5.74, 6) is 0. The van der Waals surface area contributed by atoms with E-state index in [-0.39, 0.29) is 11.3 Å². The first-order valence-corrected chi connectivity index (χ1v) is 7.57. The van der Waals surface area contributed by atoms with Gasteiger partial charge in [-0.2, -0.15) is 5.26 Å². The van der Waals surface area contributed by atoms with Gasteiger partial charge in [-0.25, -0.2) is 8.42 Å². The van der Waals surface area contributed by atoms with E-state index in [4.69, 9.17) is 5.26 Å². The lowest BCUT2D eigenvalue weighted by Gasteiger charge is -2.08. The number of carbonyl (C=O) groups is 1. The minimum atomic E-state index is -3.69. The molecule has 0 atom stereocenters. The van der Waals surface area contributed by atoms with Crippen LogP contribution in [0.25, 0.3) is 0 Å². The van der Waals surface area contributed by atoms with Crippen LogP contribution in [0, 0.1) is 11.3 Å². The Morgan fingerprint density at radius 2 is 1.67 bits per heavy atom. The van der Waals surface area contributed by atoms with Crippen LogP contribution in [0.2, 0.25) is 0 Å². The Morgan fingerprint density at radius 3 is 2.19 bits per heavy atom. The molecule has 0 radical (unpaired) electrons. The topological polar surface area (TPSA) is 87.0 Å².